The summed E-state index contributed by atoms with van der Waals surface area (Å²) in [7, 11) is 3.15. The van der Waals surface area contributed by atoms with Crippen molar-refractivity contribution in [3.05, 3.63) is 53.1 Å². The highest BCUT2D eigenvalue weighted by Gasteiger charge is 2.07. The first-order valence-corrected chi connectivity index (χ1v) is 8.83. The monoisotopic (exact) mass is 378 g/mol. The zero-order chi connectivity index (χ0) is 18.2. The molecule has 0 atom stereocenters. The van der Waals surface area contributed by atoms with Gasteiger partial charge in [0.1, 0.15) is 0 Å². The minimum absolute atomic E-state index is 0.181. The summed E-state index contributed by atoms with van der Waals surface area (Å²) in [5.74, 6) is 1.34. The molecule has 1 amide bonds. The summed E-state index contributed by atoms with van der Waals surface area (Å²) in [5, 5.41) is 4.81. The average molecular weight is 379 g/mol. The van der Waals surface area contributed by atoms with Crippen molar-refractivity contribution in [2.75, 3.05) is 20.0 Å². The number of halogens is 1. The fourth-order valence-corrected chi connectivity index (χ4v) is 2.80. The third kappa shape index (κ3) is 5.69. The smallest absolute Gasteiger partial charge is 0.250 e. The Kier molecular flexibility index (Phi) is 7.16. The first-order valence-electron chi connectivity index (χ1n) is 7.47. The molecule has 0 unspecified atom stereocenters. The van der Waals surface area contributed by atoms with Gasteiger partial charge >= 0.3 is 0 Å². The molecule has 7 heteroatoms. The topological polar surface area (TPSA) is 59.9 Å². The molecule has 0 saturated heterocycles. The fourth-order valence-electron chi connectivity index (χ4n) is 1.98. The lowest BCUT2D eigenvalue weighted by Gasteiger charge is -2.09. The molecule has 0 bridgehead atoms. The van der Waals surface area contributed by atoms with Crippen LogP contribution < -0.4 is 14.9 Å². The molecular weight excluding hydrogens is 360 g/mol. The molecule has 25 heavy (non-hydrogen) atoms. The van der Waals surface area contributed by atoms with Crippen molar-refractivity contribution >= 4 is 35.0 Å². The van der Waals surface area contributed by atoms with Crippen LogP contribution in [-0.2, 0) is 4.79 Å². The number of hydrazone groups is 1. The van der Waals surface area contributed by atoms with Gasteiger partial charge in [-0.2, -0.15) is 5.10 Å². The zero-order valence-electron chi connectivity index (χ0n) is 14.2. The van der Waals surface area contributed by atoms with E-state index in [9.17, 15) is 4.79 Å². The lowest BCUT2D eigenvalue weighted by Crippen LogP contribution is -2.21. The predicted molar refractivity (Wildman–Crippen MR) is 102 cm³/mol. The van der Waals surface area contributed by atoms with Gasteiger partial charge in [0.15, 0.2) is 11.5 Å². The number of hydrogen-bond acceptors (Lipinski definition) is 5. The van der Waals surface area contributed by atoms with Crippen molar-refractivity contribution < 1.29 is 14.3 Å². The van der Waals surface area contributed by atoms with Crippen molar-refractivity contribution in [3.8, 4) is 11.5 Å². The number of carbonyl (C=O) groups is 1. The van der Waals surface area contributed by atoms with Crippen LogP contribution in [0.2, 0.25) is 5.02 Å². The molecule has 0 radical (unpaired) electrons. The van der Waals surface area contributed by atoms with E-state index in [2.05, 4.69) is 10.5 Å². The standard InChI is InChI=1S/C18H19ClN2O3S/c1-12(13-4-9-16(23-2)17(10-13)24-3)20-21-18(22)11-25-15-7-5-14(19)6-8-15/h4-10H,11H2,1-3H3,(H,21,22). The molecule has 0 spiro atoms. The minimum Gasteiger partial charge on any atom is -0.493 e. The highest BCUT2D eigenvalue weighted by atomic mass is 35.5. The lowest BCUT2D eigenvalue weighted by molar-refractivity contribution is -0.118. The normalized spacial score (nSPS) is 11.1. The number of thioether (sulfide) groups is 1. The Morgan fingerprint density at radius 3 is 2.44 bits per heavy atom. The highest BCUT2D eigenvalue weighted by molar-refractivity contribution is 8.00. The number of methoxy groups -OCH3 is 2. The van der Waals surface area contributed by atoms with Crippen LogP contribution in [0.25, 0.3) is 0 Å². The van der Waals surface area contributed by atoms with E-state index in [0.717, 1.165) is 10.5 Å². The van der Waals surface area contributed by atoms with E-state index in [0.29, 0.717) is 22.2 Å². The van der Waals surface area contributed by atoms with Gasteiger partial charge in [-0.3, -0.25) is 4.79 Å². The Hall–Kier alpha value is -2.18. The van der Waals surface area contributed by atoms with Crippen LogP contribution >= 0.6 is 23.4 Å². The van der Waals surface area contributed by atoms with Crippen molar-refractivity contribution in [2.45, 2.75) is 11.8 Å². The summed E-state index contributed by atoms with van der Waals surface area (Å²) in [5.41, 5.74) is 4.07. The first kappa shape index (κ1) is 19.1. The van der Waals surface area contributed by atoms with Crippen molar-refractivity contribution in [1.82, 2.24) is 5.43 Å². The van der Waals surface area contributed by atoms with E-state index >= 15 is 0 Å². The van der Waals surface area contributed by atoms with Crippen LogP contribution in [0.3, 0.4) is 0 Å². The second-order valence-corrected chi connectivity index (χ2v) is 6.53. The summed E-state index contributed by atoms with van der Waals surface area (Å²) >= 11 is 7.25. The number of hydrogen-bond donors (Lipinski definition) is 1. The SMILES string of the molecule is COc1ccc(C(C)=NNC(=O)CSc2ccc(Cl)cc2)cc1OC. The van der Waals surface area contributed by atoms with E-state index in [4.69, 9.17) is 21.1 Å². The molecule has 0 aliphatic rings. The van der Waals surface area contributed by atoms with Gasteiger partial charge in [-0.15, -0.1) is 11.8 Å². The summed E-state index contributed by atoms with van der Waals surface area (Å²) in [4.78, 5) is 12.9. The van der Waals surface area contributed by atoms with E-state index in [-0.39, 0.29) is 11.7 Å². The first-order chi connectivity index (χ1) is 12.0. The maximum Gasteiger partial charge on any atom is 0.250 e. The van der Waals surface area contributed by atoms with E-state index < -0.39 is 0 Å². The molecule has 0 aliphatic heterocycles. The summed E-state index contributed by atoms with van der Waals surface area (Å²) in [6, 6.07) is 12.8. The second kappa shape index (κ2) is 9.34. The van der Waals surface area contributed by atoms with Gasteiger partial charge < -0.3 is 9.47 Å². The molecule has 0 saturated carbocycles. The number of amides is 1. The van der Waals surface area contributed by atoms with Gasteiger partial charge in [0.2, 0.25) is 5.91 Å². The molecule has 1 N–H and O–H groups in total. The van der Waals surface area contributed by atoms with Crippen molar-refractivity contribution in [3.63, 3.8) is 0 Å². The number of carbonyl (C=O) groups excluding carboxylic acids is 1. The Labute approximate surface area is 156 Å². The Morgan fingerprint density at radius 1 is 1.12 bits per heavy atom. The number of ether oxygens (including phenoxy) is 2. The Balaban J connectivity index is 1.93. The van der Waals surface area contributed by atoms with E-state index in [1.807, 2.05) is 31.2 Å². The van der Waals surface area contributed by atoms with Gasteiger partial charge in [-0.05, 0) is 49.4 Å². The molecule has 2 rings (SSSR count). The molecule has 2 aromatic rings. The number of benzene rings is 2. The number of nitrogens with zero attached hydrogens (tertiary/aromatic N) is 1. The molecular formula is C18H19ClN2O3S. The van der Waals surface area contributed by atoms with Crippen LogP contribution in [0.4, 0.5) is 0 Å². The molecule has 0 aromatic heterocycles. The second-order valence-electron chi connectivity index (χ2n) is 5.04. The van der Waals surface area contributed by atoms with Gasteiger partial charge in [-0.1, -0.05) is 11.6 Å². The van der Waals surface area contributed by atoms with Crippen molar-refractivity contribution in [2.24, 2.45) is 5.10 Å². The summed E-state index contributed by atoms with van der Waals surface area (Å²) in [6.45, 7) is 1.81. The van der Waals surface area contributed by atoms with Crippen LogP contribution in [0.5, 0.6) is 11.5 Å². The summed E-state index contributed by atoms with van der Waals surface area (Å²) < 4.78 is 10.5. The molecule has 132 valence electrons. The zero-order valence-corrected chi connectivity index (χ0v) is 15.8. The van der Waals surface area contributed by atoms with Gasteiger partial charge in [-0.25, -0.2) is 5.43 Å². The number of rotatable bonds is 7. The van der Waals surface area contributed by atoms with Crippen LogP contribution in [-0.4, -0.2) is 31.6 Å². The minimum atomic E-state index is -0.181. The average Bonchev–Trinajstić information content (AvgIpc) is 2.64. The van der Waals surface area contributed by atoms with Crippen LogP contribution in [0.1, 0.15) is 12.5 Å². The van der Waals surface area contributed by atoms with Crippen LogP contribution in [0.15, 0.2) is 52.5 Å². The Morgan fingerprint density at radius 2 is 1.80 bits per heavy atom. The fraction of sp³-hybridized carbons (Fsp3) is 0.222. The largest absolute Gasteiger partial charge is 0.493 e. The van der Waals surface area contributed by atoms with Gasteiger partial charge in [0, 0.05) is 15.5 Å². The lowest BCUT2D eigenvalue weighted by atomic mass is 10.1. The molecule has 0 heterocycles. The Bertz CT molecular complexity index is 763. The molecule has 5 nitrogen and oxygen atoms in total. The molecule has 2 aromatic carbocycles. The third-order valence-electron chi connectivity index (χ3n) is 3.33. The predicted octanol–water partition coefficient (Wildman–Crippen LogP) is 3.99. The molecule has 0 fully saturated rings. The van der Waals surface area contributed by atoms with Gasteiger partial charge in [0.05, 0.1) is 25.7 Å². The third-order valence-corrected chi connectivity index (χ3v) is 4.60. The van der Waals surface area contributed by atoms with Crippen molar-refractivity contribution in [1.29, 1.82) is 0 Å². The van der Waals surface area contributed by atoms with Crippen LogP contribution in [0, 0.1) is 0 Å². The maximum atomic E-state index is 11.9. The number of nitrogens with one attached hydrogen (secondary N) is 1. The highest BCUT2D eigenvalue weighted by Crippen LogP contribution is 2.27. The maximum absolute atomic E-state index is 11.9. The van der Waals surface area contributed by atoms with E-state index in [1.165, 1.54) is 11.8 Å². The van der Waals surface area contributed by atoms with Gasteiger partial charge in [0.25, 0.3) is 0 Å². The summed E-state index contributed by atoms with van der Waals surface area (Å²) in [6.07, 6.45) is 0. The molecule has 0 aliphatic carbocycles. The quantitative estimate of drug-likeness (QED) is 0.449. The van der Waals surface area contributed by atoms with E-state index in [1.54, 1.807) is 32.4 Å².